The molecule has 3 N–H and O–H groups in total. The summed E-state index contributed by atoms with van der Waals surface area (Å²) in [5.74, 6) is -0.162. The van der Waals surface area contributed by atoms with Gasteiger partial charge in [-0.1, -0.05) is 36.4 Å². The second-order valence-corrected chi connectivity index (χ2v) is 7.13. The van der Waals surface area contributed by atoms with Crippen molar-refractivity contribution in [2.75, 3.05) is 6.54 Å². The number of aromatic nitrogens is 1. The number of carbonyl (C=O) groups is 2. The maximum absolute atomic E-state index is 13.1. The van der Waals surface area contributed by atoms with Crippen molar-refractivity contribution in [3.63, 3.8) is 0 Å². The highest BCUT2D eigenvalue weighted by Crippen LogP contribution is 2.43. The number of likely N-dealkylation sites (tertiary alicyclic amines) is 1. The molecule has 2 aliphatic rings. The van der Waals surface area contributed by atoms with E-state index in [0.29, 0.717) is 24.3 Å². The Hall–Kier alpha value is -3.54. The van der Waals surface area contributed by atoms with Crippen molar-refractivity contribution in [3.05, 3.63) is 77.3 Å². The van der Waals surface area contributed by atoms with Gasteiger partial charge in [-0.25, -0.2) is 0 Å². The number of carbonyl (C=O) groups excluding carboxylic acids is 2. The Morgan fingerprint density at radius 1 is 1.11 bits per heavy atom. The Labute approximate surface area is 161 Å². The zero-order valence-corrected chi connectivity index (χ0v) is 15.1. The van der Waals surface area contributed by atoms with E-state index in [9.17, 15) is 9.59 Å². The summed E-state index contributed by atoms with van der Waals surface area (Å²) < 4.78 is 5.66. The van der Waals surface area contributed by atoms with Gasteiger partial charge in [0, 0.05) is 41.5 Å². The number of amides is 2. The SMILES string of the molecule is NC1=C2C(=O)N(CCc3c[nH]c4ccccc34)C(=O)CC2c2ccccc2O1. The van der Waals surface area contributed by atoms with Crippen molar-refractivity contribution in [3.8, 4) is 5.75 Å². The Morgan fingerprint density at radius 3 is 2.79 bits per heavy atom. The maximum Gasteiger partial charge on any atom is 0.262 e. The van der Waals surface area contributed by atoms with Crippen molar-refractivity contribution in [1.82, 2.24) is 9.88 Å². The molecule has 0 spiro atoms. The molecule has 1 saturated heterocycles. The topological polar surface area (TPSA) is 88.4 Å². The van der Waals surface area contributed by atoms with E-state index in [2.05, 4.69) is 4.98 Å². The van der Waals surface area contributed by atoms with Crippen LogP contribution in [0.3, 0.4) is 0 Å². The molecule has 0 radical (unpaired) electrons. The minimum Gasteiger partial charge on any atom is -0.441 e. The van der Waals surface area contributed by atoms with Crippen LogP contribution in [0.15, 0.2) is 66.2 Å². The normalized spacial score (nSPS) is 18.9. The first kappa shape index (κ1) is 16.6. The number of benzene rings is 2. The van der Waals surface area contributed by atoms with Crippen LogP contribution in [0, 0.1) is 0 Å². The molecule has 1 atom stereocenters. The fraction of sp³-hybridized carbons (Fsp3) is 0.182. The Kier molecular flexibility index (Phi) is 3.72. The second-order valence-electron chi connectivity index (χ2n) is 7.13. The number of piperidine rings is 1. The molecule has 6 heteroatoms. The zero-order valence-electron chi connectivity index (χ0n) is 15.1. The van der Waals surface area contributed by atoms with Crippen LogP contribution in [0.2, 0.25) is 0 Å². The van der Waals surface area contributed by atoms with Crippen LogP contribution < -0.4 is 10.5 Å². The summed E-state index contributed by atoms with van der Waals surface area (Å²) in [6.45, 7) is 0.310. The standard InChI is InChI=1S/C22H19N3O3/c23-21-20-16(15-6-2-4-8-18(15)28-21)11-19(26)25(22(20)27)10-9-13-12-24-17-7-3-1-5-14(13)17/h1-8,12,16,24H,9-11,23H2. The predicted octanol–water partition coefficient (Wildman–Crippen LogP) is 2.82. The lowest BCUT2D eigenvalue weighted by Crippen LogP contribution is -2.47. The van der Waals surface area contributed by atoms with Crippen molar-refractivity contribution in [2.45, 2.75) is 18.8 Å². The lowest BCUT2D eigenvalue weighted by molar-refractivity contribution is -0.145. The molecule has 2 amide bonds. The summed E-state index contributed by atoms with van der Waals surface area (Å²) in [6.07, 6.45) is 2.73. The molecule has 2 aliphatic heterocycles. The van der Waals surface area contributed by atoms with Crippen LogP contribution in [-0.4, -0.2) is 28.2 Å². The minimum absolute atomic E-state index is 0.0956. The zero-order chi connectivity index (χ0) is 19.3. The number of fused-ring (bicyclic) bond motifs is 4. The summed E-state index contributed by atoms with van der Waals surface area (Å²) in [5.41, 5.74) is 9.40. The van der Waals surface area contributed by atoms with Crippen molar-refractivity contribution < 1.29 is 14.3 Å². The summed E-state index contributed by atoms with van der Waals surface area (Å²) >= 11 is 0. The monoisotopic (exact) mass is 373 g/mol. The van der Waals surface area contributed by atoms with Gasteiger partial charge in [-0.15, -0.1) is 0 Å². The van der Waals surface area contributed by atoms with Gasteiger partial charge >= 0.3 is 0 Å². The molecule has 1 unspecified atom stereocenters. The smallest absolute Gasteiger partial charge is 0.262 e. The molecule has 6 nitrogen and oxygen atoms in total. The first-order chi connectivity index (χ1) is 13.6. The van der Waals surface area contributed by atoms with E-state index in [1.54, 1.807) is 6.07 Å². The highest BCUT2D eigenvalue weighted by molar-refractivity contribution is 6.09. The van der Waals surface area contributed by atoms with Gasteiger partial charge in [0.1, 0.15) is 5.75 Å². The largest absolute Gasteiger partial charge is 0.441 e. The van der Waals surface area contributed by atoms with Crippen molar-refractivity contribution in [2.24, 2.45) is 5.73 Å². The summed E-state index contributed by atoms with van der Waals surface area (Å²) in [5, 5.41) is 1.10. The van der Waals surface area contributed by atoms with Crippen LogP contribution in [0.25, 0.3) is 10.9 Å². The number of nitrogens with one attached hydrogen (secondary N) is 1. The number of nitrogens with zero attached hydrogens (tertiary/aromatic N) is 1. The molecule has 5 rings (SSSR count). The predicted molar refractivity (Wildman–Crippen MR) is 104 cm³/mol. The van der Waals surface area contributed by atoms with Gasteiger partial charge in [0.15, 0.2) is 5.88 Å². The lowest BCUT2D eigenvalue weighted by atomic mass is 9.82. The molecule has 28 heavy (non-hydrogen) atoms. The average molecular weight is 373 g/mol. The highest BCUT2D eigenvalue weighted by Gasteiger charge is 2.43. The summed E-state index contributed by atoms with van der Waals surface area (Å²) in [7, 11) is 0. The van der Waals surface area contributed by atoms with Gasteiger partial charge < -0.3 is 15.5 Å². The van der Waals surface area contributed by atoms with Crippen LogP contribution >= 0.6 is 0 Å². The third-order valence-electron chi connectivity index (χ3n) is 5.56. The van der Waals surface area contributed by atoms with Gasteiger partial charge in [0.25, 0.3) is 5.91 Å². The molecule has 1 aromatic heterocycles. The quantitative estimate of drug-likeness (QED) is 0.691. The summed E-state index contributed by atoms with van der Waals surface area (Å²) in [6, 6.07) is 15.4. The number of H-pyrrole nitrogens is 1. The van der Waals surface area contributed by atoms with Gasteiger partial charge in [-0.3, -0.25) is 14.5 Å². The van der Waals surface area contributed by atoms with Crippen molar-refractivity contribution in [1.29, 1.82) is 0 Å². The molecular weight excluding hydrogens is 354 g/mol. The minimum atomic E-state index is -0.354. The molecule has 0 bridgehead atoms. The number of nitrogens with two attached hydrogens (primary N) is 1. The van der Waals surface area contributed by atoms with Crippen LogP contribution in [-0.2, 0) is 16.0 Å². The number of rotatable bonds is 3. The van der Waals surface area contributed by atoms with Gasteiger partial charge in [0.2, 0.25) is 5.91 Å². The second kappa shape index (κ2) is 6.27. The Balaban J connectivity index is 1.42. The molecule has 0 aliphatic carbocycles. The third-order valence-corrected chi connectivity index (χ3v) is 5.56. The highest BCUT2D eigenvalue weighted by atomic mass is 16.5. The Bertz CT molecular complexity index is 1140. The van der Waals surface area contributed by atoms with Crippen LogP contribution in [0.4, 0.5) is 0 Å². The van der Waals surface area contributed by atoms with E-state index in [0.717, 1.165) is 22.0 Å². The molecule has 1 fully saturated rings. The molecule has 2 aromatic carbocycles. The number of ether oxygens (including phenoxy) is 1. The summed E-state index contributed by atoms with van der Waals surface area (Å²) in [4.78, 5) is 30.4. The molecule has 0 saturated carbocycles. The average Bonchev–Trinajstić information content (AvgIpc) is 3.11. The van der Waals surface area contributed by atoms with Gasteiger partial charge in [0.05, 0.1) is 5.57 Å². The van der Waals surface area contributed by atoms with E-state index < -0.39 is 0 Å². The maximum atomic E-state index is 13.1. The van der Waals surface area contributed by atoms with E-state index in [1.165, 1.54) is 4.90 Å². The van der Waals surface area contributed by atoms with E-state index in [4.69, 9.17) is 10.5 Å². The molecule has 3 heterocycles. The lowest BCUT2D eigenvalue weighted by Gasteiger charge is -2.36. The fourth-order valence-electron chi connectivity index (χ4n) is 4.17. The van der Waals surface area contributed by atoms with Gasteiger partial charge in [-0.2, -0.15) is 0 Å². The number of para-hydroxylation sites is 2. The van der Waals surface area contributed by atoms with Crippen molar-refractivity contribution >= 4 is 22.7 Å². The first-order valence-electron chi connectivity index (χ1n) is 9.29. The van der Waals surface area contributed by atoms with E-state index in [-0.39, 0.29) is 30.0 Å². The van der Waals surface area contributed by atoms with Gasteiger partial charge in [-0.05, 0) is 24.1 Å². The van der Waals surface area contributed by atoms with E-state index in [1.807, 2.05) is 48.7 Å². The van der Waals surface area contributed by atoms with E-state index >= 15 is 0 Å². The fourth-order valence-corrected chi connectivity index (χ4v) is 4.17. The molecule has 140 valence electrons. The number of imide groups is 1. The molecular formula is C22H19N3O3. The van der Waals surface area contributed by atoms with Crippen LogP contribution in [0.5, 0.6) is 5.75 Å². The van der Waals surface area contributed by atoms with Crippen LogP contribution in [0.1, 0.15) is 23.5 Å². The first-order valence-corrected chi connectivity index (χ1v) is 9.29. The Morgan fingerprint density at radius 2 is 1.89 bits per heavy atom. The number of hydrogen-bond acceptors (Lipinski definition) is 4. The number of aromatic amines is 1. The third kappa shape index (κ3) is 2.49. The molecule has 3 aromatic rings. The number of hydrogen-bond donors (Lipinski definition) is 2.